The Balaban J connectivity index is 1.54. The van der Waals surface area contributed by atoms with Gasteiger partial charge in [0.05, 0.1) is 6.04 Å². The molecule has 1 fully saturated rings. The van der Waals surface area contributed by atoms with Crippen LogP contribution >= 0.6 is 0 Å². The molecular formula is C21H23N3O3. The smallest absolute Gasteiger partial charge is 0.219 e. The normalized spacial score (nSPS) is 22.9. The Morgan fingerprint density at radius 1 is 1.19 bits per heavy atom. The van der Waals surface area contributed by atoms with E-state index in [1.165, 1.54) is 5.56 Å². The predicted molar refractivity (Wildman–Crippen MR) is 100 cm³/mol. The highest BCUT2D eigenvalue weighted by Crippen LogP contribution is 2.49. The molecule has 6 heteroatoms. The SMILES string of the molecule is CC(=O)N1CCC2(CC1)Oc1ccccc1[C@H]1CC(c3ccc(C)o3)=NN12. The quantitative estimate of drug-likeness (QED) is 0.776. The molecule has 1 spiro atoms. The van der Waals surface area contributed by atoms with E-state index in [9.17, 15) is 4.79 Å². The van der Waals surface area contributed by atoms with Crippen molar-refractivity contribution in [2.45, 2.75) is 44.9 Å². The fourth-order valence-corrected chi connectivity index (χ4v) is 4.47. The van der Waals surface area contributed by atoms with Crippen LogP contribution in [0.3, 0.4) is 0 Å². The molecule has 3 aliphatic heterocycles. The van der Waals surface area contributed by atoms with Crippen molar-refractivity contribution in [3.8, 4) is 5.75 Å². The average Bonchev–Trinajstić information content (AvgIpc) is 3.29. The molecule has 5 rings (SSSR count). The van der Waals surface area contributed by atoms with Crippen molar-refractivity contribution >= 4 is 11.6 Å². The van der Waals surface area contributed by atoms with E-state index in [-0.39, 0.29) is 11.9 Å². The van der Waals surface area contributed by atoms with Gasteiger partial charge in [-0.3, -0.25) is 4.79 Å². The molecular weight excluding hydrogens is 342 g/mol. The maximum absolute atomic E-state index is 11.8. The van der Waals surface area contributed by atoms with Crippen LogP contribution < -0.4 is 4.74 Å². The third-order valence-corrected chi connectivity index (χ3v) is 5.92. The zero-order valence-corrected chi connectivity index (χ0v) is 15.6. The van der Waals surface area contributed by atoms with Gasteiger partial charge in [-0.05, 0) is 25.1 Å². The number of benzene rings is 1. The highest BCUT2D eigenvalue weighted by atomic mass is 16.5. The van der Waals surface area contributed by atoms with Gasteiger partial charge in [0.25, 0.3) is 0 Å². The fourth-order valence-electron chi connectivity index (χ4n) is 4.47. The summed E-state index contributed by atoms with van der Waals surface area (Å²) in [4.78, 5) is 13.7. The van der Waals surface area contributed by atoms with Gasteiger partial charge in [-0.2, -0.15) is 5.10 Å². The second-order valence-corrected chi connectivity index (χ2v) is 7.61. The number of rotatable bonds is 1. The van der Waals surface area contributed by atoms with Crippen LogP contribution in [-0.4, -0.2) is 40.3 Å². The van der Waals surface area contributed by atoms with Crippen molar-refractivity contribution in [3.63, 3.8) is 0 Å². The average molecular weight is 365 g/mol. The van der Waals surface area contributed by atoms with E-state index in [0.717, 1.165) is 42.2 Å². The number of likely N-dealkylation sites (tertiary alicyclic amines) is 1. The summed E-state index contributed by atoms with van der Waals surface area (Å²) in [5.74, 6) is 2.77. The van der Waals surface area contributed by atoms with Gasteiger partial charge in [-0.25, -0.2) is 5.01 Å². The number of carbonyl (C=O) groups excluding carboxylic acids is 1. The second-order valence-electron chi connectivity index (χ2n) is 7.61. The zero-order chi connectivity index (χ0) is 18.6. The highest BCUT2D eigenvalue weighted by Gasteiger charge is 2.52. The van der Waals surface area contributed by atoms with Crippen molar-refractivity contribution in [2.75, 3.05) is 13.1 Å². The van der Waals surface area contributed by atoms with Gasteiger partial charge in [-0.1, -0.05) is 18.2 Å². The Morgan fingerprint density at radius 2 is 1.96 bits per heavy atom. The molecule has 6 nitrogen and oxygen atoms in total. The monoisotopic (exact) mass is 365 g/mol. The maximum Gasteiger partial charge on any atom is 0.219 e. The number of nitrogens with zero attached hydrogens (tertiary/aromatic N) is 3. The van der Waals surface area contributed by atoms with E-state index < -0.39 is 5.72 Å². The minimum absolute atomic E-state index is 0.120. The lowest BCUT2D eigenvalue weighted by atomic mass is 9.91. The Morgan fingerprint density at radius 3 is 2.67 bits per heavy atom. The minimum Gasteiger partial charge on any atom is -0.466 e. The van der Waals surface area contributed by atoms with E-state index in [0.29, 0.717) is 13.1 Å². The van der Waals surface area contributed by atoms with Crippen LogP contribution in [-0.2, 0) is 4.79 Å². The van der Waals surface area contributed by atoms with Gasteiger partial charge in [0.1, 0.15) is 23.0 Å². The fraction of sp³-hybridized carbons (Fsp3) is 0.429. The highest BCUT2D eigenvalue weighted by molar-refractivity contribution is 5.99. The summed E-state index contributed by atoms with van der Waals surface area (Å²) in [6.07, 6.45) is 2.28. The number of fused-ring (bicyclic) bond motifs is 4. The van der Waals surface area contributed by atoms with E-state index in [1.807, 2.05) is 42.2 Å². The van der Waals surface area contributed by atoms with E-state index in [1.54, 1.807) is 6.92 Å². The lowest BCUT2D eigenvalue weighted by molar-refractivity contribution is -0.158. The van der Waals surface area contributed by atoms with E-state index >= 15 is 0 Å². The maximum atomic E-state index is 11.8. The number of piperidine rings is 1. The third kappa shape index (κ3) is 2.54. The molecule has 1 saturated heterocycles. The molecule has 1 atom stereocenters. The number of ether oxygens (including phenoxy) is 1. The zero-order valence-electron chi connectivity index (χ0n) is 15.6. The van der Waals surface area contributed by atoms with Gasteiger partial charge >= 0.3 is 0 Å². The van der Waals surface area contributed by atoms with Crippen LogP contribution in [0.2, 0.25) is 0 Å². The largest absolute Gasteiger partial charge is 0.466 e. The number of hydrogen-bond donors (Lipinski definition) is 0. The topological polar surface area (TPSA) is 58.3 Å². The third-order valence-electron chi connectivity index (χ3n) is 5.92. The molecule has 0 unspecified atom stereocenters. The van der Waals surface area contributed by atoms with Crippen molar-refractivity contribution in [1.82, 2.24) is 9.91 Å². The predicted octanol–water partition coefficient (Wildman–Crippen LogP) is 3.47. The first-order valence-electron chi connectivity index (χ1n) is 9.53. The van der Waals surface area contributed by atoms with Crippen LogP contribution in [0.1, 0.15) is 49.3 Å². The molecule has 0 bridgehead atoms. The molecule has 0 saturated carbocycles. The van der Waals surface area contributed by atoms with E-state index in [4.69, 9.17) is 14.3 Å². The summed E-state index contributed by atoms with van der Waals surface area (Å²) >= 11 is 0. The molecule has 1 aromatic heterocycles. The molecule has 1 aromatic carbocycles. The molecule has 1 amide bonds. The molecule has 3 aliphatic rings. The molecule has 4 heterocycles. The number of aryl methyl sites for hydroxylation is 1. The number of para-hydroxylation sites is 1. The van der Waals surface area contributed by atoms with Crippen molar-refractivity contribution in [1.29, 1.82) is 0 Å². The standard InChI is InChI=1S/C21H23N3O3/c1-14-7-8-20(26-14)17-13-18-16-5-3-4-6-19(16)27-21(24(18)22-17)9-11-23(12-10-21)15(2)25/h3-8,18H,9-13H2,1-2H3/t18-/m1/s1. The first-order valence-corrected chi connectivity index (χ1v) is 9.53. The molecule has 27 heavy (non-hydrogen) atoms. The lowest BCUT2D eigenvalue weighted by Gasteiger charge is -2.51. The Bertz CT molecular complexity index is 924. The Kier molecular flexibility index (Phi) is 3.57. The van der Waals surface area contributed by atoms with Gasteiger partial charge in [-0.15, -0.1) is 0 Å². The number of carbonyl (C=O) groups is 1. The second kappa shape index (κ2) is 5.87. The molecule has 2 aromatic rings. The Labute approximate surface area is 158 Å². The summed E-state index contributed by atoms with van der Waals surface area (Å²) in [5, 5.41) is 7.11. The van der Waals surface area contributed by atoms with Crippen LogP contribution in [0.25, 0.3) is 0 Å². The molecule has 0 aliphatic carbocycles. The summed E-state index contributed by atoms with van der Waals surface area (Å²) in [6.45, 7) is 4.95. The van der Waals surface area contributed by atoms with Crippen LogP contribution in [0, 0.1) is 6.92 Å². The van der Waals surface area contributed by atoms with Crippen molar-refractivity contribution in [3.05, 3.63) is 53.5 Å². The van der Waals surface area contributed by atoms with Crippen molar-refractivity contribution < 1.29 is 13.9 Å². The number of hydrazone groups is 1. The summed E-state index contributed by atoms with van der Waals surface area (Å²) in [6, 6.07) is 12.3. The van der Waals surface area contributed by atoms with Gasteiger partial charge in [0, 0.05) is 44.8 Å². The first-order chi connectivity index (χ1) is 13.1. The summed E-state index contributed by atoms with van der Waals surface area (Å²) in [7, 11) is 0. The van der Waals surface area contributed by atoms with Gasteiger partial charge in [0.2, 0.25) is 11.6 Å². The summed E-state index contributed by atoms with van der Waals surface area (Å²) < 4.78 is 12.4. The van der Waals surface area contributed by atoms with Gasteiger partial charge in [0.15, 0.2) is 0 Å². The minimum atomic E-state index is -0.506. The van der Waals surface area contributed by atoms with Crippen molar-refractivity contribution in [2.24, 2.45) is 5.10 Å². The molecule has 140 valence electrons. The summed E-state index contributed by atoms with van der Waals surface area (Å²) in [5.41, 5.74) is 1.62. The Hall–Kier alpha value is -2.76. The number of amides is 1. The van der Waals surface area contributed by atoms with Crippen LogP contribution in [0.5, 0.6) is 5.75 Å². The lowest BCUT2D eigenvalue weighted by Crippen LogP contribution is -2.59. The molecule has 0 radical (unpaired) electrons. The molecule has 0 N–H and O–H groups in total. The first kappa shape index (κ1) is 16.4. The van der Waals surface area contributed by atoms with Crippen LogP contribution in [0.4, 0.5) is 0 Å². The van der Waals surface area contributed by atoms with Gasteiger partial charge < -0.3 is 14.1 Å². The number of hydrogen-bond acceptors (Lipinski definition) is 5. The number of furan rings is 1. The van der Waals surface area contributed by atoms with Crippen LogP contribution in [0.15, 0.2) is 45.9 Å². The van der Waals surface area contributed by atoms with E-state index in [2.05, 4.69) is 11.1 Å².